The zero-order valence-corrected chi connectivity index (χ0v) is 13.4. The monoisotopic (exact) mass is 308 g/mol. The van der Waals surface area contributed by atoms with Gasteiger partial charge in [-0.25, -0.2) is 4.79 Å². The van der Waals surface area contributed by atoms with Gasteiger partial charge in [-0.1, -0.05) is 30.9 Å². The second-order valence-corrected chi connectivity index (χ2v) is 6.16. The van der Waals surface area contributed by atoms with E-state index < -0.39 is 0 Å². The lowest BCUT2D eigenvalue weighted by atomic mass is 10.0. The molecule has 0 amide bonds. The number of ether oxygens (including phenoxy) is 1. The van der Waals surface area contributed by atoms with E-state index in [1.807, 2.05) is 18.2 Å². The van der Waals surface area contributed by atoms with Crippen LogP contribution in [0.15, 0.2) is 49.0 Å². The summed E-state index contributed by atoms with van der Waals surface area (Å²) in [7, 11) is 1.39. The summed E-state index contributed by atoms with van der Waals surface area (Å²) in [4.78, 5) is 12.7. The number of aryl methyl sites for hydroxylation is 1. The van der Waals surface area contributed by atoms with Gasteiger partial charge in [0.2, 0.25) is 0 Å². The third-order valence-corrected chi connectivity index (χ3v) is 5.07. The minimum atomic E-state index is -0.314. The standard InChI is InChI=1S/C19H16O2S/c1-4-17-12(2)16-11-15(9-10-18(16)22-17)13-5-7-14(8-6-13)19(20)21-3/h4-11H,1H2,2-3H3. The minimum absolute atomic E-state index is 0.314. The SMILES string of the molecule is C=Cc1sc2ccc(-c3ccc(C(=O)OC)cc3)cc2c1C. The van der Waals surface area contributed by atoms with E-state index >= 15 is 0 Å². The molecule has 0 aliphatic carbocycles. The summed E-state index contributed by atoms with van der Waals surface area (Å²) in [5.41, 5.74) is 4.05. The Hall–Kier alpha value is -2.39. The van der Waals surface area contributed by atoms with Crippen LogP contribution in [-0.2, 0) is 4.74 Å². The van der Waals surface area contributed by atoms with Crippen molar-refractivity contribution in [2.75, 3.05) is 7.11 Å². The first kappa shape index (κ1) is 14.5. The number of fused-ring (bicyclic) bond motifs is 1. The van der Waals surface area contributed by atoms with Gasteiger partial charge in [-0.15, -0.1) is 11.3 Å². The molecule has 1 heterocycles. The van der Waals surface area contributed by atoms with Gasteiger partial charge in [0.05, 0.1) is 12.7 Å². The Morgan fingerprint density at radius 2 is 1.82 bits per heavy atom. The summed E-state index contributed by atoms with van der Waals surface area (Å²) in [5, 5.41) is 1.26. The smallest absolute Gasteiger partial charge is 0.337 e. The molecule has 0 aliphatic rings. The number of thiophene rings is 1. The molecule has 110 valence electrons. The number of carbonyl (C=O) groups is 1. The highest BCUT2D eigenvalue weighted by atomic mass is 32.1. The summed E-state index contributed by atoms with van der Waals surface area (Å²) in [6, 6.07) is 13.9. The first-order valence-electron chi connectivity index (χ1n) is 6.98. The second kappa shape index (κ2) is 5.78. The van der Waals surface area contributed by atoms with Crippen molar-refractivity contribution in [1.29, 1.82) is 0 Å². The van der Waals surface area contributed by atoms with Gasteiger partial charge < -0.3 is 4.74 Å². The fourth-order valence-corrected chi connectivity index (χ4v) is 3.57. The van der Waals surface area contributed by atoms with Crippen LogP contribution in [0.4, 0.5) is 0 Å². The van der Waals surface area contributed by atoms with Gasteiger partial charge in [0, 0.05) is 9.58 Å². The molecule has 0 aliphatic heterocycles. The van der Waals surface area contributed by atoms with Gasteiger partial charge >= 0.3 is 5.97 Å². The molecule has 2 aromatic carbocycles. The number of methoxy groups -OCH3 is 1. The van der Waals surface area contributed by atoms with Crippen molar-refractivity contribution in [3.63, 3.8) is 0 Å². The normalized spacial score (nSPS) is 10.6. The minimum Gasteiger partial charge on any atom is -0.465 e. The van der Waals surface area contributed by atoms with Crippen molar-refractivity contribution >= 4 is 33.5 Å². The molecule has 0 atom stereocenters. The van der Waals surface area contributed by atoms with E-state index in [2.05, 4.69) is 31.7 Å². The summed E-state index contributed by atoms with van der Waals surface area (Å²) in [6.07, 6.45) is 1.91. The van der Waals surface area contributed by atoms with Gasteiger partial charge in [-0.2, -0.15) is 0 Å². The van der Waals surface area contributed by atoms with Crippen LogP contribution in [0.3, 0.4) is 0 Å². The Morgan fingerprint density at radius 1 is 1.14 bits per heavy atom. The topological polar surface area (TPSA) is 26.3 Å². The predicted molar refractivity (Wildman–Crippen MR) is 93.4 cm³/mol. The van der Waals surface area contributed by atoms with Gasteiger partial charge in [-0.05, 0) is 53.3 Å². The molecular formula is C19H16O2S. The van der Waals surface area contributed by atoms with Crippen molar-refractivity contribution in [3.05, 3.63) is 65.0 Å². The molecule has 0 bridgehead atoms. The van der Waals surface area contributed by atoms with Gasteiger partial charge in [0.25, 0.3) is 0 Å². The molecule has 2 nitrogen and oxygen atoms in total. The average molecular weight is 308 g/mol. The molecule has 0 unspecified atom stereocenters. The molecule has 1 aromatic heterocycles. The molecular weight excluding hydrogens is 292 g/mol. The lowest BCUT2D eigenvalue weighted by Crippen LogP contribution is -2.00. The van der Waals surface area contributed by atoms with Crippen molar-refractivity contribution in [3.8, 4) is 11.1 Å². The van der Waals surface area contributed by atoms with E-state index in [0.29, 0.717) is 5.56 Å². The highest BCUT2D eigenvalue weighted by molar-refractivity contribution is 7.20. The number of benzene rings is 2. The van der Waals surface area contributed by atoms with E-state index in [9.17, 15) is 4.79 Å². The van der Waals surface area contributed by atoms with Crippen LogP contribution in [-0.4, -0.2) is 13.1 Å². The Labute approximate surface area is 133 Å². The summed E-state index contributed by atoms with van der Waals surface area (Å²) < 4.78 is 5.99. The number of carbonyl (C=O) groups excluding carboxylic acids is 1. The Balaban J connectivity index is 2.04. The molecule has 22 heavy (non-hydrogen) atoms. The molecule has 0 N–H and O–H groups in total. The largest absolute Gasteiger partial charge is 0.465 e. The third-order valence-electron chi connectivity index (χ3n) is 3.80. The summed E-state index contributed by atoms with van der Waals surface area (Å²) in [5.74, 6) is -0.314. The fourth-order valence-electron chi connectivity index (χ4n) is 2.53. The van der Waals surface area contributed by atoms with E-state index in [4.69, 9.17) is 4.74 Å². The molecule has 3 rings (SSSR count). The summed E-state index contributed by atoms with van der Waals surface area (Å²) in [6.45, 7) is 5.99. The van der Waals surface area contributed by atoms with Crippen molar-refractivity contribution in [2.24, 2.45) is 0 Å². The van der Waals surface area contributed by atoms with Crippen LogP contribution in [0.1, 0.15) is 20.8 Å². The maximum atomic E-state index is 11.5. The lowest BCUT2D eigenvalue weighted by molar-refractivity contribution is 0.0601. The van der Waals surface area contributed by atoms with Gasteiger partial charge in [0.1, 0.15) is 0 Å². The molecule has 0 spiro atoms. The molecule has 3 aromatic rings. The Morgan fingerprint density at radius 3 is 2.45 bits per heavy atom. The maximum Gasteiger partial charge on any atom is 0.337 e. The first-order chi connectivity index (χ1) is 10.6. The molecule has 0 radical (unpaired) electrons. The van der Waals surface area contributed by atoms with Crippen LogP contribution >= 0.6 is 11.3 Å². The average Bonchev–Trinajstić information content (AvgIpc) is 2.90. The highest BCUT2D eigenvalue weighted by Crippen LogP contribution is 2.34. The number of hydrogen-bond donors (Lipinski definition) is 0. The van der Waals surface area contributed by atoms with Crippen LogP contribution in [0.5, 0.6) is 0 Å². The quantitative estimate of drug-likeness (QED) is 0.613. The number of hydrogen-bond acceptors (Lipinski definition) is 3. The zero-order chi connectivity index (χ0) is 15.7. The number of esters is 1. The molecule has 3 heteroatoms. The van der Waals surface area contributed by atoms with Gasteiger partial charge in [-0.3, -0.25) is 0 Å². The van der Waals surface area contributed by atoms with E-state index in [1.165, 1.54) is 27.6 Å². The lowest BCUT2D eigenvalue weighted by Gasteiger charge is -2.04. The van der Waals surface area contributed by atoms with E-state index in [0.717, 1.165) is 11.1 Å². The molecule has 0 saturated carbocycles. The highest BCUT2D eigenvalue weighted by Gasteiger charge is 2.09. The van der Waals surface area contributed by atoms with E-state index in [-0.39, 0.29) is 5.97 Å². The van der Waals surface area contributed by atoms with Crippen molar-refractivity contribution in [1.82, 2.24) is 0 Å². The van der Waals surface area contributed by atoms with Crippen LogP contribution in [0.2, 0.25) is 0 Å². The Kier molecular flexibility index (Phi) is 3.82. The van der Waals surface area contributed by atoms with Crippen molar-refractivity contribution < 1.29 is 9.53 Å². The molecule has 0 fully saturated rings. The molecule has 0 saturated heterocycles. The van der Waals surface area contributed by atoms with Gasteiger partial charge in [0.15, 0.2) is 0 Å². The predicted octanol–water partition coefficient (Wildman–Crippen LogP) is 5.31. The van der Waals surface area contributed by atoms with Crippen LogP contribution in [0.25, 0.3) is 27.3 Å². The number of rotatable bonds is 3. The third kappa shape index (κ3) is 2.44. The van der Waals surface area contributed by atoms with Crippen LogP contribution < -0.4 is 0 Å². The van der Waals surface area contributed by atoms with Crippen molar-refractivity contribution in [2.45, 2.75) is 6.92 Å². The fraction of sp³-hybridized carbons (Fsp3) is 0.105. The first-order valence-corrected chi connectivity index (χ1v) is 7.80. The van der Waals surface area contributed by atoms with Crippen LogP contribution in [0, 0.1) is 6.92 Å². The maximum absolute atomic E-state index is 11.5. The van der Waals surface area contributed by atoms with E-state index in [1.54, 1.807) is 23.5 Å². The Bertz CT molecular complexity index is 857. The second-order valence-electron chi connectivity index (χ2n) is 5.08. The summed E-state index contributed by atoms with van der Waals surface area (Å²) >= 11 is 1.76. The zero-order valence-electron chi connectivity index (χ0n) is 12.6.